The maximum Gasteiger partial charge on any atom is 0.164 e. The smallest absolute Gasteiger partial charge is 0.164 e. The minimum absolute atomic E-state index is 0.624. The molecule has 230 valence electrons. The van der Waals surface area contributed by atoms with Gasteiger partial charge in [-0.2, -0.15) is 0 Å². The van der Waals surface area contributed by atoms with Crippen LogP contribution in [0.5, 0.6) is 0 Å². The minimum atomic E-state index is 0.624. The molecule has 0 fully saturated rings. The van der Waals surface area contributed by atoms with Crippen LogP contribution >= 0.6 is 0 Å². The molecule has 0 aliphatic heterocycles. The monoisotopic (exact) mass is 627 g/mol. The third-order valence-corrected chi connectivity index (χ3v) is 9.11. The molecular formula is C44H29N5. The molecule has 8 aromatic rings. The molecule has 0 spiro atoms. The van der Waals surface area contributed by atoms with E-state index in [-0.39, 0.29) is 0 Å². The zero-order valence-electron chi connectivity index (χ0n) is 26.5. The fourth-order valence-corrected chi connectivity index (χ4v) is 6.72. The first-order valence-corrected chi connectivity index (χ1v) is 16.4. The van der Waals surface area contributed by atoms with Gasteiger partial charge >= 0.3 is 0 Å². The number of rotatable bonds is 6. The minimum Gasteiger partial charge on any atom is -0.244 e. The van der Waals surface area contributed by atoms with Crippen LogP contribution in [0.4, 0.5) is 0 Å². The average Bonchev–Trinajstić information content (AvgIpc) is 3.58. The van der Waals surface area contributed by atoms with Gasteiger partial charge in [0, 0.05) is 40.4 Å². The quantitative estimate of drug-likeness (QED) is 0.184. The molecule has 0 saturated carbocycles. The summed E-state index contributed by atoms with van der Waals surface area (Å²) in [4.78, 5) is 24.2. The number of hydrogen-bond acceptors (Lipinski definition) is 5. The molecule has 0 unspecified atom stereocenters. The molecule has 2 heterocycles. The Kier molecular flexibility index (Phi) is 7.13. The van der Waals surface area contributed by atoms with Gasteiger partial charge in [0.25, 0.3) is 0 Å². The number of nitrogens with zero attached hydrogens (tertiary/aromatic N) is 5. The van der Waals surface area contributed by atoms with Crippen LogP contribution in [0.25, 0.3) is 78.8 Å². The summed E-state index contributed by atoms with van der Waals surface area (Å²) < 4.78 is 0. The summed E-state index contributed by atoms with van der Waals surface area (Å²) in [7, 11) is 0. The van der Waals surface area contributed by atoms with Crippen LogP contribution < -0.4 is 0 Å². The van der Waals surface area contributed by atoms with Gasteiger partial charge in [-0.05, 0) is 57.1 Å². The van der Waals surface area contributed by atoms with Gasteiger partial charge in [-0.15, -0.1) is 0 Å². The Balaban J connectivity index is 1.18. The summed E-state index contributed by atoms with van der Waals surface area (Å²) in [6.45, 7) is 0. The van der Waals surface area contributed by atoms with E-state index in [2.05, 4.69) is 149 Å². The highest BCUT2D eigenvalue weighted by Gasteiger charge is 2.23. The Labute approximate surface area is 284 Å². The van der Waals surface area contributed by atoms with E-state index >= 15 is 0 Å². The van der Waals surface area contributed by atoms with Crippen LogP contribution in [0.1, 0.15) is 11.1 Å². The maximum atomic E-state index is 5.11. The molecule has 9 rings (SSSR count). The van der Waals surface area contributed by atoms with E-state index in [0.29, 0.717) is 17.5 Å². The first-order chi connectivity index (χ1) is 24.3. The van der Waals surface area contributed by atoms with Crippen molar-refractivity contribution in [3.05, 3.63) is 175 Å². The third kappa shape index (κ3) is 5.47. The normalized spacial score (nSPS) is 11.6. The standard InChI is InChI=1S/C44H29N5/c1-3-11-29(12-4-1)31-15-7-18-34(23-31)42-47-43(35-19-8-16-32(24-35)30-13-5-2-6-14-30)49-44(48-42)36-20-9-17-33(25-36)38-21-10-22-39-40(38)26-37-27-45-28-46-41(37)39/h1-25,27-28H,26H2. The molecule has 1 aliphatic carbocycles. The van der Waals surface area contributed by atoms with E-state index in [1.165, 1.54) is 16.7 Å². The highest BCUT2D eigenvalue weighted by molar-refractivity contribution is 5.84. The van der Waals surface area contributed by atoms with Crippen molar-refractivity contribution in [2.24, 2.45) is 0 Å². The van der Waals surface area contributed by atoms with Crippen molar-refractivity contribution in [3.8, 4) is 78.8 Å². The van der Waals surface area contributed by atoms with Crippen LogP contribution in [-0.4, -0.2) is 24.9 Å². The highest BCUT2D eigenvalue weighted by Crippen LogP contribution is 2.41. The second-order valence-corrected chi connectivity index (χ2v) is 12.2. The van der Waals surface area contributed by atoms with Gasteiger partial charge in [0.2, 0.25) is 0 Å². The lowest BCUT2D eigenvalue weighted by molar-refractivity contribution is 1.07. The van der Waals surface area contributed by atoms with Crippen LogP contribution in [0.2, 0.25) is 0 Å². The van der Waals surface area contributed by atoms with Crippen LogP contribution in [0.3, 0.4) is 0 Å². The van der Waals surface area contributed by atoms with E-state index in [4.69, 9.17) is 15.0 Å². The van der Waals surface area contributed by atoms with Crippen LogP contribution in [0, 0.1) is 0 Å². The van der Waals surface area contributed by atoms with E-state index in [9.17, 15) is 0 Å². The molecule has 1 aliphatic rings. The summed E-state index contributed by atoms with van der Waals surface area (Å²) in [5.74, 6) is 1.88. The largest absolute Gasteiger partial charge is 0.244 e. The molecule has 0 saturated heterocycles. The van der Waals surface area contributed by atoms with E-state index in [1.807, 2.05) is 18.3 Å². The molecule has 2 aromatic heterocycles. The summed E-state index contributed by atoms with van der Waals surface area (Å²) in [6, 6.07) is 52.6. The Morgan fingerprint density at radius 3 is 1.41 bits per heavy atom. The topological polar surface area (TPSA) is 64.5 Å². The molecule has 49 heavy (non-hydrogen) atoms. The first kappa shape index (κ1) is 28.6. The molecular weight excluding hydrogens is 599 g/mol. The third-order valence-electron chi connectivity index (χ3n) is 9.11. The van der Waals surface area contributed by atoms with Crippen molar-refractivity contribution in [1.29, 1.82) is 0 Å². The Morgan fingerprint density at radius 1 is 0.388 bits per heavy atom. The first-order valence-electron chi connectivity index (χ1n) is 16.4. The lowest BCUT2D eigenvalue weighted by atomic mass is 9.95. The van der Waals surface area contributed by atoms with Gasteiger partial charge in [-0.25, -0.2) is 24.9 Å². The fraction of sp³-hybridized carbons (Fsp3) is 0.0227. The molecule has 0 amide bonds. The van der Waals surface area contributed by atoms with E-state index in [1.54, 1.807) is 6.33 Å². The molecule has 0 bridgehead atoms. The SMILES string of the molecule is c1ccc(-c2cccc(-c3nc(-c4cccc(-c5ccccc5)c4)nc(-c4cccc(-c5cccc6c5Cc5cncnc5-6)c4)n3)c2)cc1. The Hall–Kier alpha value is -6.59. The van der Waals surface area contributed by atoms with Gasteiger partial charge in [0.05, 0.1) is 5.69 Å². The van der Waals surface area contributed by atoms with E-state index in [0.717, 1.165) is 62.2 Å². The zero-order valence-corrected chi connectivity index (χ0v) is 26.5. The van der Waals surface area contributed by atoms with Crippen LogP contribution in [0.15, 0.2) is 164 Å². The van der Waals surface area contributed by atoms with Crippen LogP contribution in [-0.2, 0) is 6.42 Å². The van der Waals surface area contributed by atoms with Crippen molar-refractivity contribution in [3.63, 3.8) is 0 Å². The molecule has 6 aromatic carbocycles. The predicted molar refractivity (Wildman–Crippen MR) is 196 cm³/mol. The van der Waals surface area contributed by atoms with Gasteiger partial charge < -0.3 is 0 Å². The molecule has 5 heteroatoms. The fourth-order valence-electron chi connectivity index (χ4n) is 6.72. The second-order valence-electron chi connectivity index (χ2n) is 12.2. The van der Waals surface area contributed by atoms with Crippen molar-refractivity contribution >= 4 is 0 Å². The number of fused-ring (bicyclic) bond motifs is 3. The molecule has 0 N–H and O–H groups in total. The Morgan fingerprint density at radius 2 is 0.837 bits per heavy atom. The van der Waals surface area contributed by atoms with E-state index < -0.39 is 0 Å². The van der Waals surface area contributed by atoms with Gasteiger partial charge in [-0.1, -0.05) is 133 Å². The van der Waals surface area contributed by atoms with Gasteiger partial charge in [-0.3, -0.25) is 0 Å². The van der Waals surface area contributed by atoms with Gasteiger partial charge in [0.15, 0.2) is 17.5 Å². The Bertz CT molecular complexity index is 2370. The summed E-state index contributed by atoms with van der Waals surface area (Å²) >= 11 is 0. The summed E-state index contributed by atoms with van der Waals surface area (Å²) in [5.41, 5.74) is 14.2. The molecule has 5 nitrogen and oxygen atoms in total. The van der Waals surface area contributed by atoms with Crippen molar-refractivity contribution in [1.82, 2.24) is 24.9 Å². The summed E-state index contributed by atoms with van der Waals surface area (Å²) in [5, 5.41) is 0. The van der Waals surface area contributed by atoms with Crippen molar-refractivity contribution in [2.75, 3.05) is 0 Å². The van der Waals surface area contributed by atoms with Gasteiger partial charge in [0.1, 0.15) is 6.33 Å². The molecule has 0 atom stereocenters. The number of hydrogen-bond donors (Lipinski definition) is 0. The predicted octanol–water partition coefficient (Wildman–Crippen LogP) is 10.2. The van der Waals surface area contributed by atoms with Crippen molar-refractivity contribution < 1.29 is 0 Å². The lowest BCUT2D eigenvalue weighted by Gasteiger charge is -2.12. The zero-order chi connectivity index (χ0) is 32.6. The molecule has 0 radical (unpaired) electrons. The maximum absolute atomic E-state index is 5.11. The van der Waals surface area contributed by atoms with Crippen molar-refractivity contribution in [2.45, 2.75) is 6.42 Å². The lowest BCUT2D eigenvalue weighted by Crippen LogP contribution is -2.00. The summed E-state index contributed by atoms with van der Waals surface area (Å²) in [6.07, 6.45) is 4.36. The second kappa shape index (κ2) is 12.2. The number of aromatic nitrogens is 5. The average molecular weight is 628 g/mol. The number of benzene rings is 6. The highest BCUT2D eigenvalue weighted by atomic mass is 15.0.